The quantitative estimate of drug-likeness (QED) is 0.822. The predicted molar refractivity (Wildman–Crippen MR) is 95.2 cm³/mol. The second-order valence-corrected chi connectivity index (χ2v) is 8.28. The molecule has 1 spiro atoms. The molecule has 5 nitrogen and oxygen atoms in total. The third-order valence-electron chi connectivity index (χ3n) is 5.96. The van der Waals surface area contributed by atoms with Crippen LogP contribution in [0.1, 0.15) is 58.1 Å². The number of carbonyl (C=O) groups excluding carboxylic acids is 1. The molecule has 0 bridgehead atoms. The van der Waals surface area contributed by atoms with Crippen molar-refractivity contribution in [3.05, 3.63) is 11.1 Å². The van der Waals surface area contributed by atoms with Gasteiger partial charge >= 0.3 is 0 Å². The number of nitrogens with one attached hydrogen (secondary N) is 1. The van der Waals surface area contributed by atoms with E-state index in [1.165, 1.54) is 19.3 Å². The molecule has 2 atom stereocenters. The maximum atomic E-state index is 11.8. The van der Waals surface area contributed by atoms with Gasteiger partial charge in [-0.05, 0) is 39.0 Å². The monoisotopic (exact) mass is 349 g/mol. The number of ether oxygens (including phenoxy) is 1. The molecular formula is C18H27N3O2S. The molecule has 3 saturated carbocycles. The number of carbonyl (C=O) groups is 1. The Morgan fingerprint density at radius 2 is 2.29 bits per heavy atom. The molecule has 0 saturated heterocycles. The standard InChI is InChI=1S/C18H27N3O2S/c1-3-23-16-9-15(18(16)7-4-8-18)19-10-13-11-24-17(20-13)21(12(2)22)14-5-6-14/h11,14-16,19H,3-10H2,1-2H3/t15-,16-/m1/s1. The number of hydrogen-bond acceptors (Lipinski definition) is 5. The van der Waals surface area contributed by atoms with Crippen molar-refractivity contribution in [2.45, 2.75) is 77.1 Å². The van der Waals surface area contributed by atoms with E-state index in [-0.39, 0.29) is 5.91 Å². The van der Waals surface area contributed by atoms with E-state index in [1.807, 2.05) is 4.90 Å². The lowest BCUT2D eigenvalue weighted by molar-refractivity contribution is -0.173. The van der Waals surface area contributed by atoms with E-state index >= 15 is 0 Å². The Kier molecular flexibility index (Phi) is 4.39. The normalized spacial score (nSPS) is 27.6. The van der Waals surface area contributed by atoms with Crippen LogP contribution in [0.15, 0.2) is 5.38 Å². The Hall–Kier alpha value is -0.980. The summed E-state index contributed by atoms with van der Waals surface area (Å²) in [4.78, 5) is 18.4. The summed E-state index contributed by atoms with van der Waals surface area (Å²) in [5, 5.41) is 6.66. The first kappa shape index (κ1) is 16.5. The van der Waals surface area contributed by atoms with E-state index in [0.717, 1.165) is 43.2 Å². The van der Waals surface area contributed by atoms with Crippen LogP contribution in [0.4, 0.5) is 5.13 Å². The maximum absolute atomic E-state index is 11.8. The molecule has 3 aliphatic rings. The smallest absolute Gasteiger partial charge is 0.225 e. The van der Waals surface area contributed by atoms with Crippen LogP contribution in [-0.2, 0) is 16.1 Å². The van der Waals surface area contributed by atoms with E-state index in [1.54, 1.807) is 18.3 Å². The Balaban J connectivity index is 1.35. The number of aromatic nitrogens is 1. The molecular weight excluding hydrogens is 322 g/mol. The molecule has 24 heavy (non-hydrogen) atoms. The minimum atomic E-state index is 0.110. The van der Waals surface area contributed by atoms with Crippen molar-refractivity contribution in [3.8, 4) is 0 Å². The van der Waals surface area contributed by atoms with Gasteiger partial charge in [0.1, 0.15) is 0 Å². The van der Waals surface area contributed by atoms with Crippen LogP contribution in [0.25, 0.3) is 0 Å². The van der Waals surface area contributed by atoms with Gasteiger partial charge in [0, 0.05) is 43.0 Å². The Morgan fingerprint density at radius 1 is 1.50 bits per heavy atom. The minimum Gasteiger partial charge on any atom is -0.378 e. The highest BCUT2D eigenvalue weighted by atomic mass is 32.1. The number of hydrogen-bond donors (Lipinski definition) is 1. The minimum absolute atomic E-state index is 0.110. The van der Waals surface area contributed by atoms with E-state index in [4.69, 9.17) is 9.72 Å². The van der Waals surface area contributed by atoms with Crippen LogP contribution >= 0.6 is 11.3 Å². The first-order chi connectivity index (χ1) is 11.6. The van der Waals surface area contributed by atoms with Crippen molar-refractivity contribution >= 4 is 22.4 Å². The molecule has 0 aromatic carbocycles. The summed E-state index contributed by atoms with van der Waals surface area (Å²) in [6.45, 7) is 5.33. The van der Waals surface area contributed by atoms with Gasteiger partial charge in [0.25, 0.3) is 0 Å². The summed E-state index contributed by atoms with van der Waals surface area (Å²) < 4.78 is 5.92. The van der Waals surface area contributed by atoms with Crippen molar-refractivity contribution in [1.82, 2.24) is 10.3 Å². The van der Waals surface area contributed by atoms with E-state index in [2.05, 4.69) is 17.6 Å². The third kappa shape index (κ3) is 2.78. The fourth-order valence-corrected chi connectivity index (χ4v) is 5.26. The molecule has 1 heterocycles. The van der Waals surface area contributed by atoms with Gasteiger partial charge in [-0.1, -0.05) is 6.42 Å². The first-order valence-electron chi connectivity index (χ1n) is 9.23. The zero-order valence-electron chi connectivity index (χ0n) is 14.6. The predicted octanol–water partition coefficient (Wildman–Crippen LogP) is 3.10. The van der Waals surface area contributed by atoms with E-state index in [0.29, 0.717) is 23.6 Å². The highest BCUT2D eigenvalue weighted by Gasteiger charge is 2.58. The Bertz CT molecular complexity index is 609. The molecule has 0 radical (unpaired) electrons. The summed E-state index contributed by atoms with van der Waals surface area (Å²) in [5.41, 5.74) is 1.44. The highest BCUT2D eigenvalue weighted by Crippen LogP contribution is 2.57. The fourth-order valence-electron chi connectivity index (χ4n) is 4.32. The molecule has 0 unspecified atom stereocenters. The average Bonchev–Trinajstić information content (AvgIpc) is 3.19. The summed E-state index contributed by atoms with van der Waals surface area (Å²) >= 11 is 1.59. The number of anilines is 1. The lowest BCUT2D eigenvalue weighted by Gasteiger charge is -2.61. The van der Waals surface area contributed by atoms with Crippen molar-refractivity contribution in [2.24, 2.45) is 5.41 Å². The largest absolute Gasteiger partial charge is 0.378 e. The topological polar surface area (TPSA) is 54.5 Å². The Labute approximate surface area is 147 Å². The third-order valence-corrected chi connectivity index (χ3v) is 6.85. The first-order valence-corrected chi connectivity index (χ1v) is 10.1. The highest BCUT2D eigenvalue weighted by molar-refractivity contribution is 7.14. The Morgan fingerprint density at radius 3 is 2.88 bits per heavy atom. The van der Waals surface area contributed by atoms with Crippen LogP contribution in [0.3, 0.4) is 0 Å². The van der Waals surface area contributed by atoms with E-state index in [9.17, 15) is 4.79 Å². The van der Waals surface area contributed by atoms with Crippen LogP contribution in [-0.4, -0.2) is 35.7 Å². The average molecular weight is 350 g/mol. The molecule has 3 fully saturated rings. The zero-order chi connectivity index (χ0) is 16.7. The lowest BCUT2D eigenvalue weighted by atomic mass is 9.51. The molecule has 1 aromatic rings. The van der Waals surface area contributed by atoms with Gasteiger partial charge in [-0.2, -0.15) is 0 Å². The van der Waals surface area contributed by atoms with Crippen molar-refractivity contribution in [3.63, 3.8) is 0 Å². The summed E-state index contributed by atoms with van der Waals surface area (Å²) in [6, 6.07) is 0.937. The molecule has 1 aromatic heterocycles. The van der Waals surface area contributed by atoms with Gasteiger partial charge in [0.05, 0.1) is 11.8 Å². The van der Waals surface area contributed by atoms with Crippen molar-refractivity contribution in [1.29, 1.82) is 0 Å². The van der Waals surface area contributed by atoms with Gasteiger partial charge in [-0.15, -0.1) is 11.3 Å². The van der Waals surface area contributed by atoms with Crippen LogP contribution in [0.5, 0.6) is 0 Å². The molecule has 3 aliphatic carbocycles. The van der Waals surface area contributed by atoms with Gasteiger partial charge in [-0.3, -0.25) is 9.69 Å². The summed E-state index contributed by atoms with van der Waals surface area (Å²) in [6.07, 6.45) is 7.69. The van der Waals surface area contributed by atoms with E-state index < -0.39 is 0 Å². The SMILES string of the molecule is CCO[C@@H]1C[C@@H](NCc2csc(N(C(C)=O)C3CC3)n2)C12CCC2. The number of thiazole rings is 1. The fraction of sp³-hybridized carbons (Fsp3) is 0.778. The summed E-state index contributed by atoms with van der Waals surface area (Å²) in [5.74, 6) is 0.110. The zero-order valence-corrected chi connectivity index (χ0v) is 15.4. The number of rotatable bonds is 7. The van der Waals surface area contributed by atoms with Gasteiger partial charge in [-0.25, -0.2) is 4.98 Å². The van der Waals surface area contributed by atoms with Gasteiger partial charge in [0.15, 0.2) is 5.13 Å². The molecule has 6 heteroatoms. The molecule has 4 rings (SSSR count). The number of amides is 1. The van der Waals surface area contributed by atoms with Crippen LogP contribution in [0, 0.1) is 5.41 Å². The molecule has 0 aliphatic heterocycles. The van der Waals surface area contributed by atoms with Crippen molar-refractivity contribution < 1.29 is 9.53 Å². The molecule has 1 N–H and O–H groups in total. The second-order valence-electron chi connectivity index (χ2n) is 7.44. The van der Waals surface area contributed by atoms with Gasteiger partial charge in [0.2, 0.25) is 5.91 Å². The van der Waals surface area contributed by atoms with Crippen molar-refractivity contribution in [2.75, 3.05) is 11.5 Å². The van der Waals surface area contributed by atoms with Crippen LogP contribution in [0.2, 0.25) is 0 Å². The lowest BCUT2D eigenvalue weighted by Crippen LogP contribution is -2.66. The summed E-state index contributed by atoms with van der Waals surface area (Å²) in [7, 11) is 0. The maximum Gasteiger partial charge on any atom is 0.225 e. The number of nitrogens with zero attached hydrogens (tertiary/aromatic N) is 2. The van der Waals surface area contributed by atoms with Gasteiger partial charge < -0.3 is 10.1 Å². The van der Waals surface area contributed by atoms with Crippen LogP contribution < -0.4 is 10.2 Å². The molecule has 132 valence electrons. The molecule has 1 amide bonds. The second kappa shape index (κ2) is 6.39.